The molecule has 4 rings (SSSR count). The highest BCUT2D eigenvalue weighted by atomic mass is 32.2. The van der Waals surface area contributed by atoms with Gasteiger partial charge in [-0.3, -0.25) is 57.5 Å². The molecule has 29 nitrogen and oxygen atoms in total. The van der Waals surface area contributed by atoms with E-state index in [9.17, 15) is 67.7 Å². The summed E-state index contributed by atoms with van der Waals surface area (Å²) in [5.41, 5.74) is 25.7. The van der Waals surface area contributed by atoms with Gasteiger partial charge in [-0.1, -0.05) is 84.9 Å². The minimum absolute atomic E-state index is 0.00671. The Hall–Kier alpha value is -9.30. The minimum atomic E-state index is -1.41. The molecule has 4 aromatic rings. The Bertz CT molecular complexity index is 3200. The number of carbonyl (C=O) groups excluding carboxylic acids is 12. The number of phenols is 2. The van der Waals surface area contributed by atoms with Gasteiger partial charge in [-0.05, 0) is 141 Å². The molecular weight excluding hydrogens is 1290 g/mol. The molecule has 0 aliphatic heterocycles. The third-order valence-electron chi connectivity index (χ3n) is 15.0. The molecule has 8 atom stereocenters. The highest BCUT2D eigenvalue weighted by Crippen LogP contribution is 2.15. The maximum absolute atomic E-state index is 14.5. The molecule has 528 valence electrons. The van der Waals surface area contributed by atoms with Crippen molar-refractivity contribution in [1.82, 2.24) is 58.5 Å². The number of nitrogens with one attached hydrogen (secondary N) is 11. The SMILES string of the molecule is CSCC[C@H](NC(=O)[C@H](Cc1ccccc1)NC(=O)CNC(=O)CNC(=O)[C@H](Cc1ccc(O)cc1)NC(=O)[C@H](CCCCN)NC(=O)[C@H](CCCCN)NC(=O)[C@H](CCSC)NC(=O)[C@H](Cc1ccccc1)NC(=O)CNC(=O)CNC(=O)[C@@H](N)Cc1ccc(O)cc1)C(N)=O. The molecule has 4 aromatic carbocycles. The van der Waals surface area contributed by atoms with Gasteiger partial charge in [-0.25, -0.2) is 0 Å². The molecule has 31 heteroatoms. The fraction of sp³-hybridized carbons (Fsp3) is 0.455. The molecule has 0 unspecified atom stereocenters. The molecule has 0 spiro atoms. The van der Waals surface area contributed by atoms with Crippen molar-refractivity contribution in [2.75, 3.05) is 63.3 Å². The largest absolute Gasteiger partial charge is 0.508 e. The van der Waals surface area contributed by atoms with E-state index >= 15 is 0 Å². The number of aromatic hydroxyl groups is 2. The normalized spacial score (nSPS) is 13.4. The molecule has 0 aliphatic carbocycles. The topological polar surface area (TPSA) is 482 Å². The zero-order chi connectivity index (χ0) is 71.1. The number of nitrogens with two attached hydrogens (primary N) is 4. The summed E-state index contributed by atoms with van der Waals surface area (Å²) in [7, 11) is 0. The fourth-order valence-corrected chi connectivity index (χ4v) is 10.6. The van der Waals surface area contributed by atoms with Crippen molar-refractivity contribution in [1.29, 1.82) is 0 Å². The van der Waals surface area contributed by atoms with Crippen molar-refractivity contribution in [2.45, 2.75) is 125 Å². The Kier molecular flexibility index (Phi) is 36.7. The molecular formula is C66H93N15O14S2. The van der Waals surface area contributed by atoms with Crippen molar-refractivity contribution in [3.8, 4) is 11.5 Å². The Balaban J connectivity index is 1.47. The van der Waals surface area contributed by atoms with E-state index in [2.05, 4.69) is 58.5 Å². The quantitative estimate of drug-likeness (QED) is 0.0209. The van der Waals surface area contributed by atoms with E-state index in [1.54, 1.807) is 79.1 Å². The van der Waals surface area contributed by atoms with Gasteiger partial charge in [0.25, 0.3) is 0 Å². The van der Waals surface area contributed by atoms with Crippen LogP contribution in [-0.2, 0) is 83.2 Å². The number of thioether (sulfide) groups is 2. The van der Waals surface area contributed by atoms with Crippen LogP contribution in [0.4, 0.5) is 0 Å². The molecule has 0 aromatic heterocycles. The van der Waals surface area contributed by atoms with Crippen LogP contribution < -0.4 is 81.4 Å². The fourth-order valence-electron chi connectivity index (χ4n) is 9.65. The van der Waals surface area contributed by atoms with Crippen LogP contribution in [-0.4, -0.2) is 193 Å². The molecule has 12 amide bonds. The summed E-state index contributed by atoms with van der Waals surface area (Å²) in [4.78, 5) is 163. The van der Waals surface area contributed by atoms with Gasteiger partial charge in [0.1, 0.15) is 53.8 Å². The van der Waals surface area contributed by atoms with E-state index in [1.165, 1.54) is 59.9 Å². The maximum atomic E-state index is 14.5. The third kappa shape index (κ3) is 31.4. The van der Waals surface area contributed by atoms with E-state index in [4.69, 9.17) is 22.9 Å². The predicted molar refractivity (Wildman–Crippen MR) is 368 cm³/mol. The summed E-state index contributed by atoms with van der Waals surface area (Å²) in [6.45, 7) is -1.98. The monoisotopic (exact) mass is 1380 g/mol. The number of phenolic OH excluding ortho intramolecular Hbond substituents is 2. The highest BCUT2D eigenvalue weighted by Gasteiger charge is 2.34. The highest BCUT2D eigenvalue weighted by molar-refractivity contribution is 7.98. The number of rotatable bonds is 45. The van der Waals surface area contributed by atoms with Crippen LogP contribution in [0.1, 0.15) is 73.6 Å². The lowest BCUT2D eigenvalue weighted by Crippen LogP contribution is -2.59. The van der Waals surface area contributed by atoms with Gasteiger partial charge in [-0.15, -0.1) is 0 Å². The lowest BCUT2D eigenvalue weighted by molar-refractivity contribution is -0.135. The van der Waals surface area contributed by atoms with Crippen LogP contribution in [0.3, 0.4) is 0 Å². The zero-order valence-electron chi connectivity index (χ0n) is 54.6. The molecule has 0 aliphatic rings. The van der Waals surface area contributed by atoms with Crippen molar-refractivity contribution < 1.29 is 67.7 Å². The van der Waals surface area contributed by atoms with Crippen molar-refractivity contribution >= 4 is 94.4 Å². The van der Waals surface area contributed by atoms with Crippen LogP contribution in [0.25, 0.3) is 0 Å². The first-order chi connectivity index (χ1) is 46.5. The van der Waals surface area contributed by atoms with Crippen LogP contribution in [0.2, 0.25) is 0 Å². The molecule has 21 N–H and O–H groups in total. The number of carbonyl (C=O) groups is 12. The summed E-state index contributed by atoms with van der Waals surface area (Å²) >= 11 is 2.82. The molecule has 0 saturated heterocycles. The van der Waals surface area contributed by atoms with Crippen molar-refractivity contribution in [2.24, 2.45) is 22.9 Å². The van der Waals surface area contributed by atoms with E-state index in [1.807, 2.05) is 6.26 Å². The summed E-state index contributed by atoms with van der Waals surface area (Å²) in [5, 5.41) is 48.0. The summed E-state index contributed by atoms with van der Waals surface area (Å²) < 4.78 is 0. The van der Waals surface area contributed by atoms with Gasteiger partial charge >= 0.3 is 0 Å². The number of amides is 12. The average Bonchev–Trinajstić information content (AvgIpc) is 0.930. The summed E-state index contributed by atoms with van der Waals surface area (Å²) in [6, 6.07) is 19.4. The Morgan fingerprint density at radius 1 is 0.361 bits per heavy atom. The van der Waals surface area contributed by atoms with E-state index in [-0.39, 0.29) is 76.0 Å². The summed E-state index contributed by atoms with van der Waals surface area (Å²) in [5.74, 6) is -8.40. The average molecular weight is 1380 g/mol. The molecule has 0 bridgehead atoms. The first-order valence-electron chi connectivity index (χ1n) is 31.8. The lowest BCUT2D eigenvalue weighted by Gasteiger charge is -2.27. The van der Waals surface area contributed by atoms with Crippen LogP contribution in [0.5, 0.6) is 11.5 Å². The van der Waals surface area contributed by atoms with Crippen molar-refractivity contribution in [3.63, 3.8) is 0 Å². The van der Waals surface area contributed by atoms with Crippen LogP contribution in [0, 0.1) is 0 Å². The number of hydrogen-bond donors (Lipinski definition) is 17. The molecule has 0 saturated carbocycles. The number of unbranched alkanes of at least 4 members (excludes halogenated alkanes) is 2. The van der Waals surface area contributed by atoms with Crippen molar-refractivity contribution in [3.05, 3.63) is 131 Å². The number of hydrogen-bond acceptors (Lipinski definition) is 19. The zero-order valence-corrected chi connectivity index (χ0v) is 56.2. The van der Waals surface area contributed by atoms with E-state index < -0.39 is 145 Å². The first kappa shape index (κ1) is 80.1. The predicted octanol–water partition coefficient (Wildman–Crippen LogP) is -2.20. The maximum Gasteiger partial charge on any atom is 0.243 e. The molecule has 0 radical (unpaired) electrons. The Labute approximate surface area is 572 Å². The van der Waals surface area contributed by atoms with Crippen LogP contribution >= 0.6 is 23.5 Å². The van der Waals surface area contributed by atoms with Gasteiger partial charge in [0, 0.05) is 19.3 Å². The van der Waals surface area contributed by atoms with Gasteiger partial charge in [0.2, 0.25) is 70.9 Å². The van der Waals surface area contributed by atoms with Gasteiger partial charge in [0.15, 0.2) is 0 Å². The summed E-state index contributed by atoms with van der Waals surface area (Å²) in [6.07, 6.45) is 5.38. The van der Waals surface area contributed by atoms with Gasteiger partial charge < -0.3 is 91.6 Å². The smallest absolute Gasteiger partial charge is 0.243 e. The third-order valence-corrected chi connectivity index (χ3v) is 16.3. The second-order valence-electron chi connectivity index (χ2n) is 22.8. The Morgan fingerprint density at radius 3 is 1.07 bits per heavy atom. The lowest BCUT2D eigenvalue weighted by atomic mass is 10.0. The molecule has 97 heavy (non-hydrogen) atoms. The van der Waals surface area contributed by atoms with Gasteiger partial charge in [0.05, 0.1) is 32.2 Å². The number of primary amides is 1. The number of benzene rings is 4. The molecule has 0 fully saturated rings. The first-order valence-corrected chi connectivity index (χ1v) is 34.6. The van der Waals surface area contributed by atoms with E-state index in [0.717, 1.165) is 0 Å². The van der Waals surface area contributed by atoms with E-state index in [0.29, 0.717) is 59.4 Å². The second kappa shape index (κ2) is 44.4. The molecule has 0 heterocycles. The minimum Gasteiger partial charge on any atom is -0.508 e. The Morgan fingerprint density at radius 2 is 0.680 bits per heavy atom. The van der Waals surface area contributed by atoms with Gasteiger partial charge in [-0.2, -0.15) is 23.5 Å². The standard InChI is InChI=1S/C66H93N15O14S2/c1-96-31-27-48(59(70)88)77-65(94)53(34-41-13-5-3-6-14-41)75-57(86)40-72-56(85)38-74-61(90)52(36-44-21-25-46(83)26-22-44)81-63(92)50(18-10-12-30-68)78-62(91)49(17-9-11-29-67)79-64(93)51(28-32-97-2)80-66(95)54(35-42-15-7-4-8-16-42)76-58(87)39-71-55(84)37-73-60(89)47(69)33-43-19-23-45(82)24-20-43/h3-8,13-16,19-26,47-54,82-83H,9-12,17-18,27-40,67-69H2,1-2H3,(H2,70,88)(H,71,84)(H,72,85)(H,73,89)(H,74,90)(H,75,86)(H,76,87)(H,77,94)(H,78,91)(H,79,93)(H,80,95)(H,81,92)/t47-,48-,49-,50-,51-,52-,53-,54-/m0/s1. The van der Waals surface area contributed by atoms with Crippen LogP contribution in [0.15, 0.2) is 109 Å². The second-order valence-corrected chi connectivity index (χ2v) is 24.8.